The van der Waals surface area contributed by atoms with Gasteiger partial charge in [-0.3, -0.25) is 4.84 Å². The van der Waals surface area contributed by atoms with Crippen LogP contribution in [0.2, 0.25) is 0 Å². The number of benzene rings is 2. The molecule has 0 saturated heterocycles. The lowest BCUT2D eigenvalue weighted by Gasteiger charge is -2.25. The van der Waals surface area contributed by atoms with E-state index >= 15 is 0 Å². The first-order chi connectivity index (χ1) is 14.0. The molecule has 0 spiro atoms. The molecule has 0 unspecified atom stereocenters. The molecular formula is C23H33N3O3. The Kier molecular flexibility index (Phi) is 10.2. The van der Waals surface area contributed by atoms with Crippen molar-refractivity contribution in [2.45, 2.75) is 45.4 Å². The van der Waals surface area contributed by atoms with Crippen molar-refractivity contribution in [1.29, 1.82) is 0 Å². The molecule has 2 amide bonds. The Hall–Kier alpha value is -2.41. The van der Waals surface area contributed by atoms with Crippen LogP contribution in [0, 0.1) is 5.92 Å². The fraction of sp³-hybridized carbons (Fsp3) is 0.435. The van der Waals surface area contributed by atoms with Gasteiger partial charge in [-0.15, -0.1) is 0 Å². The minimum atomic E-state index is -0.720. The van der Waals surface area contributed by atoms with Gasteiger partial charge in [-0.2, -0.15) is 0 Å². The van der Waals surface area contributed by atoms with Crippen LogP contribution < -0.4 is 16.1 Å². The summed E-state index contributed by atoms with van der Waals surface area (Å²) in [6.07, 6.45) is 0.847. The number of rotatable bonds is 12. The molecule has 0 aliphatic rings. The molecule has 4 N–H and O–H groups in total. The standard InChI is InChI=1S/C23H33N3O3/c1-18(2)13-14-24-16-22(27)21(15-19-9-5-3-6-10-19)25-23(28)26-29-17-20-11-7-4-8-12-20/h3-12,18,21-22,24,27H,13-17H2,1-2H3,(H2,25,26,28)/t21-,22-/m0/s1. The van der Waals surface area contributed by atoms with E-state index in [0.717, 1.165) is 24.1 Å². The first-order valence-electron chi connectivity index (χ1n) is 10.2. The Bertz CT molecular complexity index is 695. The van der Waals surface area contributed by atoms with Gasteiger partial charge in [0.2, 0.25) is 0 Å². The summed E-state index contributed by atoms with van der Waals surface area (Å²) in [5.41, 5.74) is 4.41. The molecule has 2 rings (SSSR count). The van der Waals surface area contributed by atoms with Crippen LogP contribution in [0.5, 0.6) is 0 Å². The molecule has 6 nitrogen and oxygen atoms in total. The highest BCUT2D eigenvalue weighted by Crippen LogP contribution is 2.07. The maximum absolute atomic E-state index is 12.3. The SMILES string of the molecule is CC(C)CCNC[C@H](O)[C@H](Cc1ccccc1)NC(=O)NOCc1ccccc1. The summed E-state index contributed by atoms with van der Waals surface area (Å²) in [7, 11) is 0. The van der Waals surface area contributed by atoms with Crippen LogP contribution in [-0.2, 0) is 17.9 Å². The summed E-state index contributed by atoms with van der Waals surface area (Å²) in [4.78, 5) is 17.6. The van der Waals surface area contributed by atoms with Crippen molar-refractivity contribution in [2.75, 3.05) is 13.1 Å². The number of nitrogens with one attached hydrogen (secondary N) is 3. The largest absolute Gasteiger partial charge is 0.390 e. The third-order valence-corrected chi connectivity index (χ3v) is 4.58. The summed E-state index contributed by atoms with van der Waals surface area (Å²) >= 11 is 0. The van der Waals surface area contributed by atoms with E-state index in [1.807, 2.05) is 60.7 Å². The lowest BCUT2D eigenvalue weighted by molar-refractivity contribution is 0.0446. The van der Waals surface area contributed by atoms with E-state index in [1.165, 1.54) is 0 Å². The van der Waals surface area contributed by atoms with E-state index in [9.17, 15) is 9.90 Å². The van der Waals surface area contributed by atoms with Gasteiger partial charge in [0, 0.05) is 6.54 Å². The lowest BCUT2D eigenvalue weighted by Crippen LogP contribution is -2.51. The fourth-order valence-corrected chi connectivity index (χ4v) is 2.89. The molecule has 0 heterocycles. The number of hydrogen-bond donors (Lipinski definition) is 4. The quantitative estimate of drug-likeness (QED) is 0.327. The average Bonchev–Trinajstić information content (AvgIpc) is 2.72. The van der Waals surface area contributed by atoms with Crippen molar-refractivity contribution in [3.8, 4) is 0 Å². The highest BCUT2D eigenvalue weighted by Gasteiger charge is 2.21. The van der Waals surface area contributed by atoms with Crippen LogP contribution in [0.25, 0.3) is 0 Å². The maximum atomic E-state index is 12.3. The number of amides is 2. The molecule has 0 aliphatic heterocycles. The topological polar surface area (TPSA) is 82.6 Å². The fourth-order valence-electron chi connectivity index (χ4n) is 2.89. The molecule has 0 radical (unpaired) electrons. The minimum absolute atomic E-state index is 0.275. The van der Waals surface area contributed by atoms with Gasteiger partial charge >= 0.3 is 6.03 Å². The normalized spacial score (nSPS) is 13.1. The van der Waals surface area contributed by atoms with E-state index in [2.05, 4.69) is 30.0 Å². The van der Waals surface area contributed by atoms with Gasteiger partial charge in [0.05, 0.1) is 18.8 Å². The summed E-state index contributed by atoms with van der Waals surface area (Å²) in [5, 5.41) is 16.7. The molecule has 2 aromatic rings. The number of carbonyl (C=O) groups excluding carboxylic acids is 1. The van der Waals surface area contributed by atoms with Crippen LogP contribution in [0.3, 0.4) is 0 Å². The summed E-state index contributed by atoms with van der Waals surface area (Å²) in [6, 6.07) is 18.5. The second kappa shape index (κ2) is 12.9. The Balaban J connectivity index is 1.85. The zero-order valence-electron chi connectivity index (χ0n) is 17.3. The lowest BCUT2D eigenvalue weighted by atomic mass is 10.0. The highest BCUT2D eigenvalue weighted by atomic mass is 16.7. The van der Waals surface area contributed by atoms with Crippen LogP contribution in [0.1, 0.15) is 31.4 Å². The van der Waals surface area contributed by atoms with Crippen LogP contribution in [0.15, 0.2) is 60.7 Å². The zero-order valence-corrected chi connectivity index (χ0v) is 17.3. The van der Waals surface area contributed by atoms with E-state index in [4.69, 9.17) is 4.84 Å². The predicted octanol–water partition coefficient (Wildman–Crippen LogP) is 3.03. The number of carbonyl (C=O) groups is 1. The van der Waals surface area contributed by atoms with E-state index in [1.54, 1.807) is 0 Å². The Morgan fingerprint density at radius 2 is 1.62 bits per heavy atom. The maximum Gasteiger partial charge on any atom is 0.339 e. The van der Waals surface area contributed by atoms with Gasteiger partial charge in [0.1, 0.15) is 0 Å². The first-order valence-corrected chi connectivity index (χ1v) is 10.2. The molecule has 6 heteroatoms. The second-order valence-corrected chi connectivity index (χ2v) is 7.60. The molecule has 0 bridgehead atoms. The van der Waals surface area contributed by atoms with E-state index in [0.29, 0.717) is 18.9 Å². The number of aliphatic hydroxyl groups excluding tert-OH is 1. The van der Waals surface area contributed by atoms with Gasteiger partial charge in [-0.05, 0) is 36.4 Å². The minimum Gasteiger partial charge on any atom is -0.390 e. The Morgan fingerprint density at radius 3 is 2.24 bits per heavy atom. The van der Waals surface area contributed by atoms with Crippen molar-refractivity contribution in [1.82, 2.24) is 16.1 Å². The number of urea groups is 1. The van der Waals surface area contributed by atoms with Crippen LogP contribution in [-0.4, -0.2) is 36.4 Å². The van der Waals surface area contributed by atoms with Crippen molar-refractivity contribution >= 4 is 6.03 Å². The Morgan fingerprint density at radius 1 is 1.00 bits per heavy atom. The summed E-state index contributed by atoms with van der Waals surface area (Å²) in [6.45, 7) is 5.85. The van der Waals surface area contributed by atoms with Crippen molar-refractivity contribution in [3.05, 3.63) is 71.8 Å². The molecule has 2 aromatic carbocycles. The van der Waals surface area contributed by atoms with Crippen molar-refractivity contribution in [3.63, 3.8) is 0 Å². The molecule has 0 aromatic heterocycles. The monoisotopic (exact) mass is 399 g/mol. The number of hydroxylamine groups is 1. The third kappa shape index (κ3) is 9.56. The van der Waals surface area contributed by atoms with E-state index in [-0.39, 0.29) is 6.61 Å². The third-order valence-electron chi connectivity index (χ3n) is 4.58. The van der Waals surface area contributed by atoms with Gasteiger partial charge in [-0.1, -0.05) is 74.5 Å². The van der Waals surface area contributed by atoms with Gasteiger partial charge < -0.3 is 15.7 Å². The predicted molar refractivity (Wildman–Crippen MR) is 115 cm³/mol. The highest BCUT2D eigenvalue weighted by molar-refractivity contribution is 5.73. The molecule has 0 aliphatic carbocycles. The smallest absolute Gasteiger partial charge is 0.339 e. The first kappa shape index (κ1) is 22.9. The summed E-state index contributed by atoms with van der Waals surface area (Å²) in [5.74, 6) is 0.602. The van der Waals surface area contributed by atoms with Gasteiger partial charge in [-0.25, -0.2) is 10.3 Å². The second-order valence-electron chi connectivity index (χ2n) is 7.60. The molecule has 2 atom stereocenters. The molecular weight excluding hydrogens is 366 g/mol. The number of hydrogen-bond acceptors (Lipinski definition) is 4. The van der Waals surface area contributed by atoms with Gasteiger partial charge in [0.25, 0.3) is 0 Å². The summed E-state index contributed by atoms with van der Waals surface area (Å²) < 4.78 is 0. The van der Waals surface area contributed by atoms with Crippen molar-refractivity contribution in [2.24, 2.45) is 5.92 Å². The molecule has 0 saturated carbocycles. The molecule has 0 fully saturated rings. The molecule has 158 valence electrons. The van der Waals surface area contributed by atoms with E-state index < -0.39 is 18.2 Å². The van der Waals surface area contributed by atoms with Crippen molar-refractivity contribution < 1.29 is 14.7 Å². The van der Waals surface area contributed by atoms with Crippen LogP contribution >= 0.6 is 0 Å². The Labute approximate surface area is 173 Å². The zero-order chi connectivity index (χ0) is 20.9. The van der Waals surface area contributed by atoms with Gasteiger partial charge in [0.15, 0.2) is 0 Å². The molecule has 29 heavy (non-hydrogen) atoms. The van der Waals surface area contributed by atoms with Crippen LogP contribution in [0.4, 0.5) is 4.79 Å². The average molecular weight is 400 g/mol. The number of aliphatic hydroxyl groups is 1.